The van der Waals surface area contributed by atoms with Gasteiger partial charge in [-0.05, 0) is 55.3 Å². The van der Waals surface area contributed by atoms with Crippen LogP contribution >= 0.6 is 0 Å². The van der Waals surface area contributed by atoms with Gasteiger partial charge in [-0.15, -0.1) is 0 Å². The zero-order chi connectivity index (χ0) is 23.8. The summed E-state index contributed by atoms with van der Waals surface area (Å²) in [5, 5.41) is 8.69. The van der Waals surface area contributed by atoms with Crippen LogP contribution < -0.4 is 25.6 Å². The standard InChI is InChI=1S/C25H33N5O4/c1-33-21-7-4-19(5-8-21)27-25(32)28-20-6-9-23(30-11-2-3-12-30)22(18-20)24(31)26-10-13-29-14-16-34-17-15-29/h4-9,18H,2-3,10-17H2,1H3,(H,26,31)(H2,27,28,32). The third kappa shape index (κ3) is 6.39. The summed E-state index contributed by atoms with van der Waals surface area (Å²) in [5.41, 5.74) is 2.69. The Bertz CT molecular complexity index is 970. The van der Waals surface area contributed by atoms with Gasteiger partial charge in [-0.2, -0.15) is 0 Å². The van der Waals surface area contributed by atoms with Gasteiger partial charge in [0.05, 0.1) is 25.9 Å². The number of amides is 3. The van der Waals surface area contributed by atoms with E-state index in [9.17, 15) is 9.59 Å². The molecule has 2 aromatic carbocycles. The van der Waals surface area contributed by atoms with E-state index in [0.29, 0.717) is 29.2 Å². The van der Waals surface area contributed by atoms with Crippen molar-refractivity contribution in [2.45, 2.75) is 12.8 Å². The van der Waals surface area contributed by atoms with E-state index in [-0.39, 0.29) is 11.9 Å². The van der Waals surface area contributed by atoms with Crippen molar-refractivity contribution in [3.05, 3.63) is 48.0 Å². The topological polar surface area (TPSA) is 95.2 Å². The second-order valence-electron chi connectivity index (χ2n) is 8.44. The average molecular weight is 468 g/mol. The quantitative estimate of drug-likeness (QED) is 0.553. The number of carbonyl (C=O) groups is 2. The maximum absolute atomic E-state index is 13.1. The highest BCUT2D eigenvalue weighted by Crippen LogP contribution is 2.28. The van der Waals surface area contributed by atoms with Crippen molar-refractivity contribution < 1.29 is 19.1 Å². The molecule has 0 unspecified atom stereocenters. The number of rotatable bonds is 8. The van der Waals surface area contributed by atoms with Crippen LogP contribution in [0.4, 0.5) is 21.9 Å². The van der Waals surface area contributed by atoms with Crippen molar-refractivity contribution >= 4 is 29.0 Å². The maximum atomic E-state index is 13.1. The molecular weight excluding hydrogens is 434 g/mol. The number of urea groups is 1. The Kier molecular flexibility index (Phi) is 8.21. The minimum absolute atomic E-state index is 0.130. The minimum atomic E-state index is -0.377. The van der Waals surface area contributed by atoms with Crippen molar-refractivity contribution in [1.29, 1.82) is 0 Å². The van der Waals surface area contributed by atoms with Crippen LogP contribution in [0.25, 0.3) is 0 Å². The Hall–Kier alpha value is -3.30. The van der Waals surface area contributed by atoms with E-state index in [0.717, 1.165) is 64.5 Å². The number of nitrogens with zero attached hydrogens (tertiary/aromatic N) is 2. The van der Waals surface area contributed by atoms with Gasteiger partial charge >= 0.3 is 6.03 Å². The van der Waals surface area contributed by atoms with Crippen LogP contribution in [0.15, 0.2) is 42.5 Å². The predicted octanol–water partition coefficient (Wildman–Crippen LogP) is 3.00. The number of carbonyl (C=O) groups excluding carboxylic acids is 2. The monoisotopic (exact) mass is 467 g/mol. The number of ether oxygens (including phenoxy) is 2. The number of hydrogen-bond donors (Lipinski definition) is 3. The number of benzene rings is 2. The van der Waals surface area contributed by atoms with Crippen molar-refractivity contribution in [3.8, 4) is 5.75 Å². The molecule has 2 saturated heterocycles. The zero-order valence-corrected chi connectivity index (χ0v) is 19.6. The Morgan fingerprint density at radius 2 is 1.62 bits per heavy atom. The fourth-order valence-electron chi connectivity index (χ4n) is 4.24. The molecular formula is C25H33N5O4. The maximum Gasteiger partial charge on any atom is 0.323 e. The highest BCUT2D eigenvalue weighted by Gasteiger charge is 2.21. The van der Waals surface area contributed by atoms with Gasteiger partial charge in [-0.25, -0.2) is 4.79 Å². The zero-order valence-electron chi connectivity index (χ0n) is 19.6. The smallest absolute Gasteiger partial charge is 0.323 e. The molecule has 9 heteroatoms. The average Bonchev–Trinajstić information content (AvgIpc) is 3.40. The summed E-state index contributed by atoms with van der Waals surface area (Å²) in [6.45, 7) is 6.45. The van der Waals surface area contributed by atoms with Crippen LogP contribution in [-0.2, 0) is 4.74 Å². The van der Waals surface area contributed by atoms with Crippen molar-refractivity contribution in [2.75, 3.05) is 75.1 Å². The van der Waals surface area contributed by atoms with E-state index in [1.54, 1.807) is 37.4 Å². The summed E-state index contributed by atoms with van der Waals surface area (Å²) in [7, 11) is 1.59. The predicted molar refractivity (Wildman–Crippen MR) is 133 cm³/mol. The molecule has 0 bridgehead atoms. The third-order valence-corrected chi connectivity index (χ3v) is 6.11. The number of anilines is 3. The van der Waals surface area contributed by atoms with Crippen LogP contribution in [0.2, 0.25) is 0 Å². The first-order valence-electron chi connectivity index (χ1n) is 11.8. The van der Waals surface area contributed by atoms with Gasteiger partial charge in [-0.3, -0.25) is 9.69 Å². The molecule has 34 heavy (non-hydrogen) atoms. The summed E-state index contributed by atoms with van der Waals surface area (Å²) in [5.74, 6) is 0.585. The Balaban J connectivity index is 1.41. The largest absolute Gasteiger partial charge is 0.497 e. The Morgan fingerprint density at radius 1 is 0.941 bits per heavy atom. The molecule has 2 aliphatic heterocycles. The lowest BCUT2D eigenvalue weighted by Crippen LogP contribution is -2.41. The highest BCUT2D eigenvalue weighted by molar-refractivity contribution is 6.04. The molecule has 2 fully saturated rings. The number of morpholine rings is 1. The molecule has 3 amide bonds. The minimum Gasteiger partial charge on any atom is -0.497 e. The lowest BCUT2D eigenvalue weighted by Gasteiger charge is -2.26. The van der Waals surface area contributed by atoms with Gasteiger partial charge < -0.3 is 30.3 Å². The summed E-state index contributed by atoms with van der Waals surface area (Å²) in [6.07, 6.45) is 2.23. The first-order valence-corrected chi connectivity index (χ1v) is 11.8. The molecule has 0 spiro atoms. The van der Waals surface area contributed by atoms with Crippen LogP contribution in [0.1, 0.15) is 23.2 Å². The lowest BCUT2D eigenvalue weighted by atomic mass is 10.1. The van der Waals surface area contributed by atoms with Crippen molar-refractivity contribution in [2.24, 2.45) is 0 Å². The molecule has 0 radical (unpaired) electrons. The summed E-state index contributed by atoms with van der Waals surface area (Å²) in [4.78, 5) is 30.2. The first-order chi connectivity index (χ1) is 16.6. The van der Waals surface area contributed by atoms with Gasteiger partial charge in [-0.1, -0.05) is 0 Å². The van der Waals surface area contributed by atoms with Crippen molar-refractivity contribution in [3.63, 3.8) is 0 Å². The van der Waals surface area contributed by atoms with E-state index in [1.165, 1.54) is 0 Å². The van der Waals surface area contributed by atoms with Gasteiger partial charge in [0.2, 0.25) is 0 Å². The molecule has 2 aliphatic rings. The summed E-state index contributed by atoms with van der Waals surface area (Å²) >= 11 is 0. The fourth-order valence-corrected chi connectivity index (χ4v) is 4.24. The first kappa shape index (κ1) is 23.8. The van der Waals surface area contributed by atoms with E-state index in [2.05, 4.69) is 25.8 Å². The van der Waals surface area contributed by atoms with Crippen molar-refractivity contribution in [1.82, 2.24) is 10.2 Å². The molecule has 9 nitrogen and oxygen atoms in total. The van der Waals surface area contributed by atoms with E-state index >= 15 is 0 Å². The summed E-state index contributed by atoms with van der Waals surface area (Å²) in [6, 6.07) is 12.2. The molecule has 0 atom stereocenters. The molecule has 2 aromatic rings. The Morgan fingerprint density at radius 3 is 2.32 bits per heavy atom. The van der Waals surface area contributed by atoms with E-state index in [1.807, 2.05) is 12.1 Å². The molecule has 3 N–H and O–H groups in total. The number of methoxy groups -OCH3 is 1. The molecule has 0 aliphatic carbocycles. The van der Waals surface area contributed by atoms with Gasteiger partial charge in [0.15, 0.2) is 0 Å². The van der Waals surface area contributed by atoms with Crippen LogP contribution in [0, 0.1) is 0 Å². The fraction of sp³-hybridized carbons (Fsp3) is 0.440. The van der Waals surface area contributed by atoms with Gasteiger partial charge in [0.1, 0.15) is 5.75 Å². The second-order valence-corrected chi connectivity index (χ2v) is 8.44. The lowest BCUT2D eigenvalue weighted by molar-refractivity contribution is 0.0383. The van der Waals surface area contributed by atoms with Crippen LogP contribution in [0.5, 0.6) is 5.75 Å². The van der Waals surface area contributed by atoms with Gasteiger partial charge in [0, 0.05) is 56.3 Å². The second kappa shape index (κ2) is 11.7. The third-order valence-electron chi connectivity index (χ3n) is 6.11. The van der Waals surface area contributed by atoms with Gasteiger partial charge in [0.25, 0.3) is 5.91 Å². The molecule has 4 rings (SSSR count). The molecule has 182 valence electrons. The number of nitrogens with one attached hydrogen (secondary N) is 3. The number of hydrogen-bond acceptors (Lipinski definition) is 6. The normalized spacial score (nSPS) is 16.2. The summed E-state index contributed by atoms with van der Waals surface area (Å²) < 4.78 is 10.5. The van der Waals surface area contributed by atoms with Crippen LogP contribution in [0.3, 0.4) is 0 Å². The molecule has 0 aromatic heterocycles. The van der Waals surface area contributed by atoms with E-state index in [4.69, 9.17) is 9.47 Å². The molecule has 2 heterocycles. The van der Waals surface area contributed by atoms with E-state index < -0.39 is 0 Å². The highest BCUT2D eigenvalue weighted by atomic mass is 16.5. The van der Waals surface area contributed by atoms with Crippen LogP contribution in [-0.4, -0.2) is 76.4 Å². The Labute approximate surface area is 200 Å². The molecule has 0 saturated carbocycles. The SMILES string of the molecule is COc1ccc(NC(=O)Nc2ccc(N3CCCC3)c(C(=O)NCCN3CCOCC3)c2)cc1.